The molecule has 3 N–H and O–H groups in total. The number of piperidine rings is 1. The number of H-pyrrole nitrogens is 2. The van der Waals surface area contributed by atoms with E-state index >= 15 is 0 Å². The Labute approximate surface area is 173 Å². The van der Waals surface area contributed by atoms with E-state index < -0.39 is 0 Å². The number of rotatable bonds is 3. The zero-order chi connectivity index (χ0) is 20.4. The predicted molar refractivity (Wildman–Crippen MR) is 119 cm³/mol. The summed E-state index contributed by atoms with van der Waals surface area (Å²) in [7, 11) is 0. The number of anilines is 1. The Hall–Kier alpha value is -3.16. The Morgan fingerprint density at radius 3 is 2.73 bits per heavy atom. The average Bonchev–Trinajstić information content (AvgIpc) is 3.14. The van der Waals surface area contributed by atoms with Gasteiger partial charge in [-0.3, -0.25) is 4.79 Å². The van der Waals surface area contributed by atoms with Crippen molar-refractivity contribution >= 4 is 27.6 Å². The molecule has 4 aromatic rings. The number of imidazole rings is 1. The number of benzene rings is 2. The SMILES string of the molecule is Cc1cc2nc(-c3c(NN4C5CCCN4C5)c4ccccc4[nH]c3=O)[nH]c2cc1C. The minimum atomic E-state index is -0.149. The first-order valence-corrected chi connectivity index (χ1v) is 10.5. The maximum absolute atomic E-state index is 13.2. The fraction of sp³-hybridized carbons (Fsp3) is 0.304. The molecule has 0 spiro atoms. The Balaban J connectivity index is 1.56. The van der Waals surface area contributed by atoms with Gasteiger partial charge in [0.05, 0.1) is 28.3 Å². The van der Waals surface area contributed by atoms with Crippen molar-refractivity contribution in [3.05, 3.63) is 57.9 Å². The van der Waals surface area contributed by atoms with Crippen LogP contribution in [0.5, 0.6) is 0 Å². The number of hydrogen-bond donors (Lipinski definition) is 3. The molecule has 2 atom stereocenters. The number of aromatic nitrogens is 3. The first-order valence-electron chi connectivity index (χ1n) is 10.5. The predicted octanol–water partition coefficient (Wildman–Crippen LogP) is 3.71. The molecule has 2 unspecified atom stereocenters. The van der Waals surface area contributed by atoms with Crippen molar-refractivity contribution in [2.24, 2.45) is 0 Å². The number of hydrazine groups is 2. The Bertz CT molecular complexity index is 1300. The molecule has 0 radical (unpaired) electrons. The van der Waals surface area contributed by atoms with E-state index in [1.807, 2.05) is 24.3 Å². The normalized spacial score (nSPS) is 21.1. The van der Waals surface area contributed by atoms with Crippen molar-refractivity contribution in [3.63, 3.8) is 0 Å². The molecule has 6 rings (SSSR count). The molecule has 4 heterocycles. The second-order valence-corrected chi connectivity index (χ2v) is 8.45. The van der Waals surface area contributed by atoms with E-state index in [-0.39, 0.29) is 5.56 Å². The average molecular weight is 400 g/mol. The molecule has 152 valence electrons. The monoisotopic (exact) mass is 400 g/mol. The minimum Gasteiger partial charge on any atom is -0.338 e. The number of nitrogens with one attached hydrogen (secondary N) is 3. The topological polar surface area (TPSA) is 80.1 Å². The van der Waals surface area contributed by atoms with E-state index in [9.17, 15) is 4.79 Å². The second kappa shape index (κ2) is 6.42. The van der Waals surface area contributed by atoms with Gasteiger partial charge in [-0.25, -0.2) is 9.99 Å². The molecular weight excluding hydrogens is 376 g/mol. The zero-order valence-corrected chi connectivity index (χ0v) is 17.1. The molecular formula is C23H24N6O. The molecule has 2 aromatic carbocycles. The van der Waals surface area contributed by atoms with Crippen molar-refractivity contribution in [2.75, 3.05) is 18.5 Å². The van der Waals surface area contributed by atoms with Crippen LogP contribution in [0.4, 0.5) is 5.69 Å². The quantitative estimate of drug-likeness (QED) is 0.489. The zero-order valence-electron chi connectivity index (χ0n) is 17.1. The number of nitrogens with zero attached hydrogens (tertiary/aromatic N) is 3. The highest BCUT2D eigenvalue weighted by Gasteiger charge is 2.40. The van der Waals surface area contributed by atoms with Crippen LogP contribution in [0, 0.1) is 13.8 Å². The maximum atomic E-state index is 13.2. The van der Waals surface area contributed by atoms with Gasteiger partial charge in [-0.2, -0.15) is 5.12 Å². The highest BCUT2D eigenvalue weighted by molar-refractivity contribution is 5.99. The Morgan fingerprint density at radius 1 is 1.10 bits per heavy atom. The molecule has 30 heavy (non-hydrogen) atoms. The van der Waals surface area contributed by atoms with E-state index in [0.29, 0.717) is 17.4 Å². The smallest absolute Gasteiger partial charge is 0.261 e. The largest absolute Gasteiger partial charge is 0.338 e. The number of aromatic amines is 2. The second-order valence-electron chi connectivity index (χ2n) is 8.45. The first kappa shape index (κ1) is 17.7. The van der Waals surface area contributed by atoms with E-state index in [0.717, 1.165) is 40.7 Å². The standard InChI is InChI=1S/C23H24N6O/c1-13-10-18-19(11-14(13)2)25-22(24-18)20-21(27-29-15-6-5-9-28(29)12-15)16-7-3-4-8-17(16)26-23(20)30/h3-4,7-8,10-11,15H,5-6,9,12H2,1-2H3,(H,24,25)(H2,26,27,30). The first-order chi connectivity index (χ1) is 14.6. The fourth-order valence-electron chi connectivity index (χ4n) is 4.71. The van der Waals surface area contributed by atoms with E-state index in [1.165, 1.54) is 24.0 Å². The number of hydrogen-bond acceptors (Lipinski definition) is 5. The molecule has 7 heteroatoms. The van der Waals surface area contributed by atoms with E-state index in [4.69, 9.17) is 4.98 Å². The van der Waals surface area contributed by atoms with Gasteiger partial charge >= 0.3 is 0 Å². The third-order valence-corrected chi connectivity index (χ3v) is 6.51. The molecule has 2 saturated heterocycles. The van der Waals surface area contributed by atoms with Gasteiger partial charge in [0.2, 0.25) is 0 Å². The van der Waals surface area contributed by atoms with Gasteiger partial charge in [-0.15, -0.1) is 0 Å². The highest BCUT2D eigenvalue weighted by atomic mass is 16.1. The van der Waals surface area contributed by atoms with Crippen LogP contribution in [0.15, 0.2) is 41.2 Å². The number of aryl methyl sites for hydroxylation is 2. The van der Waals surface area contributed by atoms with Crippen LogP contribution in [0.1, 0.15) is 24.0 Å². The van der Waals surface area contributed by atoms with E-state index in [2.05, 4.69) is 51.5 Å². The van der Waals surface area contributed by atoms with Gasteiger partial charge in [-0.1, -0.05) is 18.2 Å². The fourth-order valence-corrected chi connectivity index (χ4v) is 4.71. The lowest BCUT2D eigenvalue weighted by Gasteiger charge is -2.54. The van der Waals surface area contributed by atoms with E-state index in [1.54, 1.807) is 0 Å². The molecule has 2 bridgehead atoms. The van der Waals surface area contributed by atoms with Crippen molar-refractivity contribution in [1.82, 2.24) is 25.1 Å². The lowest BCUT2D eigenvalue weighted by Crippen LogP contribution is -2.69. The van der Waals surface area contributed by atoms with Crippen molar-refractivity contribution in [2.45, 2.75) is 32.7 Å². The summed E-state index contributed by atoms with van der Waals surface area (Å²) in [5.74, 6) is 0.588. The maximum Gasteiger partial charge on any atom is 0.261 e. The van der Waals surface area contributed by atoms with Gasteiger partial charge in [0.25, 0.3) is 5.56 Å². The molecule has 7 nitrogen and oxygen atoms in total. The lowest BCUT2D eigenvalue weighted by molar-refractivity contribution is -0.171. The Morgan fingerprint density at radius 2 is 1.93 bits per heavy atom. The summed E-state index contributed by atoms with van der Waals surface area (Å²) in [5, 5.41) is 5.47. The molecule has 2 aromatic heterocycles. The highest BCUT2D eigenvalue weighted by Crippen LogP contribution is 2.35. The van der Waals surface area contributed by atoms with Crippen LogP contribution in [-0.2, 0) is 0 Å². The number of pyridine rings is 1. The minimum absolute atomic E-state index is 0.149. The number of para-hydroxylation sites is 1. The third-order valence-electron chi connectivity index (χ3n) is 6.51. The van der Waals surface area contributed by atoms with Crippen LogP contribution in [0.25, 0.3) is 33.3 Å². The molecule has 2 aliphatic heterocycles. The van der Waals surface area contributed by atoms with Gasteiger partial charge in [0.15, 0.2) is 0 Å². The summed E-state index contributed by atoms with van der Waals surface area (Å²) in [4.78, 5) is 24.4. The van der Waals surface area contributed by atoms with Crippen LogP contribution in [0.3, 0.4) is 0 Å². The summed E-state index contributed by atoms with van der Waals surface area (Å²) < 4.78 is 0. The molecule has 2 fully saturated rings. The van der Waals surface area contributed by atoms with Crippen molar-refractivity contribution < 1.29 is 0 Å². The summed E-state index contributed by atoms with van der Waals surface area (Å²) in [6, 6.07) is 12.6. The summed E-state index contributed by atoms with van der Waals surface area (Å²) in [6.07, 6.45) is 2.39. The molecule has 0 aliphatic carbocycles. The molecule has 0 saturated carbocycles. The van der Waals surface area contributed by atoms with Crippen LogP contribution < -0.4 is 11.0 Å². The lowest BCUT2D eigenvalue weighted by atomic mass is 10.0. The number of fused-ring (bicyclic) bond motifs is 4. The van der Waals surface area contributed by atoms with Crippen LogP contribution >= 0.6 is 0 Å². The van der Waals surface area contributed by atoms with Gasteiger partial charge < -0.3 is 15.4 Å². The molecule has 0 amide bonds. The van der Waals surface area contributed by atoms with Gasteiger partial charge in [-0.05, 0) is 56.0 Å². The summed E-state index contributed by atoms with van der Waals surface area (Å²) >= 11 is 0. The third kappa shape index (κ3) is 2.59. The Kier molecular flexibility index (Phi) is 3.78. The summed E-state index contributed by atoms with van der Waals surface area (Å²) in [5.41, 5.74) is 9.80. The van der Waals surface area contributed by atoms with Crippen molar-refractivity contribution in [1.29, 1.82) is 0 Å². The van der Waals surface area contributed by atoms with Gasteiger partial charge in [0, 0.05) is 18.5 Å². The summed E-state index contributed by atoms with van der Waals surface area (Å²) in [6.45, 7) is 6.29. The van der Waals surface area contributed by atoms with Crippen LogP contribution in [0.2, 0.25) is 0 Å². The van der Waals surface area contributed by atoms with Gasteiger partial charge in [0.1, 0.15) is 11.4 Å². The van der Waals surface area contributed by atoms with Crippen LogP contribution in [-0.4, -0.2) is 44.2 Å². The molecule has 2 aliphatic rings. The van der Waals surface area contributed by atoms with Crippen molar-refractivity contribution in [3.8, 4) is 11.4 Å².